The van der Waals surface area contributed by atoms with Crippen molar-refractivity contribution in [2.45, 2.75) is 32.9 Å². The normalized spacial score (nSPS) is 17.8. The molecule has 1 fully saturated rings. The summed E-state index contributed by atoms with van der Waals surface area (Å²) in [6.07, 6.45) is 7.14. The number of carbonyl (C=O) groups excluding carboxylic acids is 2. The number of carbonyl (C=O) groups is 2. The SMILES string of the molecule is Cc1ncc(C(O)=C2C(=O)C(=O)N(CCCn3ccnc3)[C@@H]2c2ccc(F)cc2)c(C)n1. The molecule has 1 aromatic carbocycles. The molecule has 0 bridgehead atoms. The van der Waals surface area contributed by atoms with Gasteiger partial charge in [-0.3, -0.25) is 9.59 Å². The van der Waals surface area contributed by atoms with E-state index in [9.17, 15) is 19.1 Å². The van der Waals surface area contributed by atoms with Crippen molar-refractivity contribution in [3.05, 3.63) is 83.2 Å². The second-order valence-electron chi connectivity index (χ2n) is 7.61. The minimum absolute atomic E-state index is 0.0557. The van der Waals surface area contributed by atoms with E-state index in [1.54, 1.807) is 26.4 Å². The number of rotatable bonds is 6. The van der Waals surface area contributed by atoms with E-state index in [0.29, 0.717) is 30.0 Å². The lowest BCUT2D eigenvalue weighted by molar-refractivity contribution is -0.139. The summed E-state index contributed by atoms with van der Waals surface area (Å²) in [4.78, 5) is 39.7. The van der Waals surface area contributed by atoms with Crippen LogP contribution in [0, 0.1) is 19.7 Å². The first-order valence-corrected chi connectivity index (χ1v) is 10.2. The molecule has 9 heteroatoms. The maximum absolute atomic E-state index is 13.6. The van der Waals surface area contributed by atoms with Crippen LogP contribution in [-0.2, 0) is 16.1 Å². The van der Waals surface area contributed by atoms with E-state index in [2.05, 4.69) is 15.0 Å². The van der Waals surface area contributed by atoms with Crippen LogP contribution >= 0.6 is 0 Å². The molecule has 1 saturated heterocycles. The zero-order chi connectivity index (χ0) is 22.8. The van der Waals surface area contributed by atoms with Gasteiger partial charge in [0, 0.05) is 31.7 Å². The van der Waals surface area contributed by atoms with Crippen molar-refractivity contribution in [1.82, 2.24) is 24.4 Å². The molecule has 1 aliphatic rings. The molecule has 8 nitrogen and oxygen atoms in total. The van der Waals surface area contributed by atoms with Gasteiger partial charge < -0.3 is 14.6 Å². The van der Waals surface area contributed by atoms with Crippen molar-refractivity contribution in [1.29, 1.82) is 0 Å². The fraction of sp³-hybridized carbons (Fsp3) is 0.261. The molecule has 1 aliphatic heterocycles. The largest absolute Gasteiger partial charge is 0.507 e. The van der Waals surface area contributed by atoms with E-state index in [1.165, 1.54) is 35.4 Å². The highest BCUT2D eigenvalue weighted by atomic mass is 19.1. The summed E-state index contributed by atoms with van der Waals surface area (Å²) in [5.41, 5.74) is 1.23. The monoisotopic (exact) mass is 435 g/mol. The number of hydrogen-bond donors (Lipinski definition) is 1. The Hall–Kier alpha value is -3.88. The fourth-order valence-electron chi connectivity index (χ4n) is 3.91. The lowest BCUT2D eigenvalue weighted by Crippen LogP contribution is -2.31. The van der Waals surface area contributed by atoms with Gasteiger partial charge in [-0.25, -0.2) is 19.3 Å². The molecule has 3 aromatic rings. The molecule has 2 aromatic heterocycles. The van der Waals surface area contributed by atoms with Crippen LogP contribution in [0.1, 0.15) is 35.1 Å². The minimum atomic E-state index is -0.848. The zero-order valence-corrected chi connectivity index (χ0v) is 17.7. The van der Waals surface area contributed by atoms with Crippen LogP contribution in [0.5, 0.6) is 0 Å². The number of aliphatic hydroxyl groups excluding tert-OH is 1. The van der Waals surface area contributed by atoms with Crippen LogP contribution in [0.3, 0.4) is 0 Å². The van der Waals surface area contributed by atoms with E-state index >= 15 is 0 Å². The number of aromatic nitrogens is 4. The van der Waals surface area contributed by atoms with Gasteiger partial charge in [-0.15, -0.1) is 0 Å². The summed E-state index contributed by atoms with van der Waals surface area (Å²) in [7, 11) is 0. The first-order chi connectivity index (χ1) is 15.4. The number of imidazole rings is 1. The highest BCUT2D eigenvalue weighted by Gasteiger charge is 2.46. The molecule has 1 atom stereocenters. The molecule has 32 heavy (non-hydrogen) atoms. The summed E-state index contributed by atoms with van der Waals surface area (Å²) in [6, 6.07) is 4.71. The Balaban J connectivity index is 1.75. The lowest BCUT2D eigenvalue weighted by atomic mass is 9.95. The molecule has 3 heterocycles. The number of benzene rings is 1. The number of aryl methyl sites for hydroxylation is 3. The highest BCUT2D eigenvalue weighted by Crippen LogP contribution is 2.39. The molecule has 1 amide bonds. The van der Waals surface area contributed by atoms with Gasteiger partial charge in [-0.2, -0.15) is 0 Å². The van der Waals surface area contributed by atoms with Gasteiger partial charge >= 0.3 is 0 Å². The second-order valence-corrected chi connectivity index (χ2v) is 7.61. The smallest absolute Gasteiger partial charge is 0.295 e. The number of aliphatic hydroxyl groups is 1. The number of ketones is 1. The van der Waals surface area contributed by atoms with E-state index in [0.717, 1.165) is 0 Å². The molecule has 164 valence electrons. The summed E-state index contributed by atoms with van der Waals surface area (Å²) < 4.78 is 15.4. The number of halogens is 1. The van der Waals surface area contributed by atoms with E-state index < -0.39 is 23.5 Å². The number of Topliss-reactive ketones (excluding diaryl/α,β-unsaturated/α-hetero) is 1. The molecular formula is C23H22FN5O3. The van der Waals surface area contributed by atoms with Crippen molar-refractivity contribution in [2.75, 3.05) is 6.54 Å². The number of nitrogens with zero attached hydrogens (tertiary/aromatic N) is 5. The van der Waals surface area contributed by atoms with Gasteiger partial charge in [-0.1, -0.05) is 12.1 Å². The van der Waals surface area contributed by atoms with Crippen LogP contribution in [0.15, 0.2) is 54.8 Å². The third-order valence-corrected chi connectivity index (χ3v) is 5.46. The van der Waals surface area contributed by atoms with Crippen LogP contribution in [0.25, 0.3) is 5.76 Å². The molecule has 0 saturated carbocycles. The van der Waals surface area contributed by atoms with Crippen molar-refractivity contribution < 1.29 is 19.1 Å². The van der Waals surface area contributed by atoms with Crippen molar-refractivity contribution in [2.24, 2.45) is 0 Å². The van der Waals surface area contributed by atoms with E-state index in [4.69, 9.17) is 0 Å². The topological polar surface area (TPSA) is 101 Å². The minimum Gasteiger partial charge on any atom is -0.507 e. The third-order valence-electron chi connectivity index (χ3n) is 5.46. The standard InChI is InChI=1S/C23H22FN5O3/c1-14-18(12-26-15(2)27-14)21(30)19-20(16-4-6-17(24)7-5-16)29(23(32)22(19)31)10-3-9-28-11-8-25-13-28/h4-8,11-13,20,30H,3,9-10H2,1-2H3/t20-/m1/s1. The number of amides is 1. The quantitative estimate of drug-likeness (QED) is 0.363. The Morgan fingerprint density at radius 2 is 1.91 bits per heavy atom. The molecular weight excluding hydrogens is 413 g/mol. The Morgan fingerprint density at radius 1 is 1.16 bits per heavy atom. The molecule has 1 N–H and O–H groups in total. The Bertz CT molecular complexity index is 1190. The van der Waals surface area contributed by atoms with Crippen molar-refractivity contribution in [3.63, 3.8) is 0 Å². The molecule has 0 radical (unpaired) electrons. The molecule has 0 unspecified atom stereocenters. The van der Waals surface area contributed by atoms with E-state index in [1.807, 2.05) is 10.8 Å². The first-order valence-electron chi connectivity index (χ1n) is 10.2. The number of hydrogen-bond acceptors (Lipinski definition) is 6. The Kier molecular flexibility index (Phi) is 5.81. The predicted molar refractivity (Wildman–Crippen MR) is 114 cm³/mol. The van der Waals surface area contributed by atoms with Crippen LogP contribution in [0.2, 0.25) is 0 Å². The van der Waals surface area contributed by atoms with Gasteiger partial charge in [0.25, 0.3) is 11.7 Å². The lowest BCUT2D eigenvalue weighted by Gasteiger charge is -2.25. The average molecular weight is 435 g/mol. The average Bonchev–Trinajstić information content (AvgIpc) is 3.36. The zero-order valence-electron chi connectivity index (χ0n) is 17.7. The Labute approximate surface area is 184 Å². The summed E-state index contributed by atoms with van der Waals surface area (Å²) in [5.74, 6) is -1.76. The summed E-state index contributed by atoms with van der Waals surface area (Å²) in [6.45, 7) is 4.28. The Morgan fingerprint density at radius 3 is 2.56 bits per heavy atom. The summed E-state index contributed by atoms with van der Waals surface area (Å²) >= 11 is 0. The molecule has 4 rings (SSSR count). The van der Waals surface area contributed by atoms with Crippen molar-refractivity contribution in [3.8, 4) is 0 Å². The first kappa shape index (κ1) is 21.4. The predicted octanol–water partition coefficient (Wildman–Crippen LogP) is 2.94. The van der Waals surface area contributed by atoms with Gasteiger partial charge in [0.05, 0.1) is 29.2 Å². The van der Waals surface area contributed by atoms with E-state index in [-0.39, 0.29) is 23.4 Å². The maximum atomic E-state index is 13.6. The maximum Gasteiger partial charge on any atom is 0.295 e. The fourth-order valence-corrected chi connectivity index (χ4v) is 3.91. The molecule has 0 spiro atoms. The van der Waals surface area contributed by atoms with Crippen molar-refractivity contribution >= 4 is 17.4 Å². The summed E-state index contributed by atoms with van der Waals surface area (Å²) in [5, 5.41) is 11.1. The second kappa shape index (κ2) is 8.70. The van der Waals surface area contributed by atoms with Gasteiger partial charge in [-0.05, 0) is 38.0 Å². The van der Waals surface area contributed by atoms with Gasteiger partial charge in [0.15, 0.2) is 0 Å². The highest BCUT2D eigenvalue weighted by molar-refractivity contribution is 6.46. The van der Waals surface area contributed by atoms with Gasteiger partial charge in [0.2, 0.25) is 0 Å². The van der Waals surface area contributed by atoms with Crippen LogP contribution in [0.4, 0.5) is 4.39 Å². The third kappa shape index (κ3) is 4.01. The molecule has 0 aliphatic carbocycles. The number of likely N-dealkylation sites (tertiary alicyclic amines) is 1. The van der Waals surface area contributed by atoms with Crippen LogP contribution < -0.4 is 0 Å². The van der Waals surface area contributed by atoms with Crippen LogP contribution in [-0.4, -0.2) is 47.8 Å². The van der Waals surface area contributed by atoms with Gasteiger partial charge in [0.1, 0.15) is 17.4 Å².